The first-order valence-corrected chi connectivity index (χ1v) is 6.12. The molecule has 0 spiro atoms. The number of hydrogen-bond acceptors (Lipinski definition) is 3. The van der Waals surface area contributed by atoms with Gasteiger partial charge in [-0.05, 0) is 38.5 Å². The Morgan fingerprint density at radius 3 is 2.29 bits per heavy atom. The van der Waals surface area contributed by atoms with Crippen LogP contribution in [0, 0.1) is 0 Å². The molecule has 1 aromatic carbocycles. The molecule has 3 heteroatoms. The van der Waals surface area contributed by atoms with Gasteiger partial charge in [-0.15, -0.1) is 0 Å². The van der Waals surface area contributed by atoms with Crippen LogP contribution in [0.15, 0.2) is 24.3 Å². The van der Waals surface area contributed by atoms with Crippen molar-refractivity contribution in [2.75, 3.05) is 20.3 Å². The van der Waals surface area contributed by atoms with E-state index in [4.69, 9.17) is 9.47 Å². The number of rotatable bonds is 7. The van der Waals surface area contributed by atoms with Crippen molar-refractivity contribution in [3.63, 3.8) is 0 Å². The van der Waals surface area contributed by atoms with E-state index in [1.807, 2.05) is 26.0 Å². The summed E-state index contributed by atoms with van der Waals surface area (Å²) in [6, 6.07) is 8.47. The highest BCUT2D eigenvalue weighted by molar-refractivity contribution is 5.28. The topological polar surface area (TPSA) is 30.5 Å². The average molecular weight is 237 g/mol. The van der Waals surface area contributed by atoms with Crippen LogP contribution in [0.2, 0.25) is 0 Å². The summed E-state index contributed by atoms with van der Waals surface area (Å²) in [5.74, 6) is 0.893. The molecule has 1 rings (SSSR count). The SMILES string of the molecule is COc1ccc([C@@H](C)NCCOC(C)C)cc1. The third-order valence-corrected chi connectivity index (χ3v) is 2.62. The molecule has 0 aromatic heterocycles. The van der Waals surface area contributed by atoms with Gasteiger partial charge in [0.05, 0.1) is 19.8 Å². The zero-order valence-corrected chi connectivity index (χ0v) is 11.2. The van der Waals surface area contributed by atoms with Gasteiger partial charge in [0, 0.05) is 12.6 Å². The maximum atomic E-state index is 5.48. The predicted molar refractivity (Wildman–Crippen MR) is 70.5 cm³/mol. The summed E-state index contributed by atoms with van der Waals surface area (Å²) in [4.78, 5) is 0. The first kappa shape index (κ1) is 14.0. The Kier molecular flexibility index (Phi) is 6.01. The molecular weight excluding hydrogens is 214 g/mol. The fraction of sp³-hybridized carbons (Fsp3) is 0.571. The van der Waals surface area contributed by atoms with Crippen molar-refractivity contribution in [1.82, 2.24) is 5.32 Å². The molecule has 0 fully saturated rings. The Morgan fingerprint density at radius 1 is 1.12 bits per heavy atom. The van der Waals surface area contributed by atoms with E-state index in [0.717, 1.165) is 18.9 Å². The molecule has 96 valence electrons. The van der Waals surface area contributed by atoms with Gasteiger partial charge in [-0.2, -0.15) is 0 Å². The molecule has 0 aliphatic carbocycles. The van der Waals surface area contributed by atoms with Crippen molar-refractivity contribution in [3.05, 3.63) is 29.8 Å². The fourth-order valence-electron chi connectivity index (χ4n) is 1.58. The highest BCUT2D eigenvalue weighted by Crippen LogP contribution is 2.16. The third-order valence-electron chi connectivity index (χ3n) is 2.62. The van der Waals surface area contributed by atoms with Gasteiger partial charge in [0.15, 0.2) is 0 Å². The summed E-state index contributed by atoms with van der Waals surface area (Å²) in [5.41, 5.74) is 1.26. The Balaban J connectivity index is 2.33. The highest BCUT2D eigenvalue weighted by atomic mass is 16.5. The summed E-state index contributed by atoms with van der Waals surface area (Å²) in [6.45, 7) is 7.86. The lowest BCUT2D eigenvalue weighted by atomic mass is 10.1. The van der Waals surface area contributed by atoms with E-state index in [1.54, 1.807) is 7.11 Å². The van der Waals surface area contributed by atoms with Gasteiger partial charge in [0.1, 0.15) is 5.75 Å². The summed E-state index contributed by atoms with van der Waals surface area (Å²) < 4.78 is 10.6. The van der Waals surface area contributed by atoms with E-state index >= 15 is 0 Å². The van der Waals surface area contributed by atoms with Crippen LogP contribution in [0.3, 0.4) is 0 Å². The molecule has 0 saturated heterocycles. The van der Waals surface area contributed by atoms with E-state index < -0.39 is 0 Å². The largest absolute Gasteiger partial charge is 0.497 e. The molecule has 3 nitrogen and oxygen atoms in total. The summed E-state index contributed by atoms with van der Waals surface area (Å²) in [7, 11) is 1.68. The fourth-order valence-corrected chi connectivity index (χ4v) is 1.58. The van der Waals surface area contributed by atoms with Gasteiger partial charge in [-0.25, -0.2) is 0 Å². The Labute approximate surface area is 104 Å². The number of methoxy groups -OCH3 is 1. The Bertz CT molecular complexity index is 309. The quantitative estimate of drug-likeness (QED) is 0.740. The summed E-state index contributed by atoms with van der Waals surface area (Å²) >= 11 is 0. The van der Waals surface area contributed by atoms with Crippen molar-refractivity contribution in [1.29, 1.82) is 0 Å². The van der Waals surface area contributed by atoms with Crippen LogP contribution in [0.1, 0.15) is 32.4 Å². The molecule has 0 bridgehead atoms. The maximum Gasteiger partial charge on any atom is 0.118 e. The predicted octanol–water partition coefficient (Wildman–Crippen LogP) is 2.77. The third kappa shape index (κ3) is 5.20. The number of ether oxygens (including phenoxy) is 2. The van der Waals surface area contributed by atoms with Gasteiger partial charge in [-0.1, -0.05) is 12.1 Å². The van der Waals surface area contributed by atoms with E-state index in [9.17, 15) is 0 Å². The molecule has 0 saturated carbocycles. The maximum absolute atomic E-state index is 5.48. The van der Waals surface area contributed by atoms with Crippen LogP contribution in [0.25, 0.3) is 0 Å². The minimum absolute atomic E-state index is 0.299. The van der Waals surface area contributed by atoms with Crippen LogP contribution < -0.4 is 10.1 Å². The van der Waals surface area contributed by atoms with Crippen LogP contribution in [0.4, 0.5) is 0 Å². The van der Waals surface area contributed by atoms with E-state index in [1.165, 1.54) is 5.56 Å². The van der Waals surface area contributed by atoms with E-state index in [2.05, 4.69) is 24.4 Å². The van der Waals surface area contributed by atoms with E-state index in [-0.39, 0.29) is 0 Å². The van der Waals surface area contributed by atoms with Crippen molar-refractivity contribution in [2.45, 2.75) is 32.9 Å². The van der Waals surface area contributed by atoms with Crippen molar-refractivity contribution in [3.8, 4) is 5.75 Å². The molecule has 0 aliphatic rings. The lowest BCUT2D eigenvalue weighted by Crippen LogP contribution is -2.24. The normalized spacial score (nSPS) is 12.8. The van der Waals surface area contributed by atoms with Gasteiger partial charge in [0.25, 0.3) is 0 Å². The minimum Gasteiger partial charge on any atom is -0.497 e. The smallest absolute Gasteiger partial charge is 0.118 e. The number of nitrogens with one attached hydrogen (secondary N) is 1. The van der Waals surface area contributed by atoms with Crippen molar-refractivity contribution >= 4 is 0 Å². The molecule has 1 aromatic rings. The zero-order valence-electron chi connectivity index (χ0n) is 11.2. The molecule has 0 heterocycles. The van der Waals surface area contributed by atoms with E-state index in [0.29, 0.717) is 12.1 Å². The number of hydrogen-bond donors (Lipinski definition) is 1. The van der Waals surface area contributed by atoms with Crippen molar-refractivity contribution in [2.24, 2.45) is 0 Å². The second-order valence-corrected chi connectivity index (χ2v) is 4.37. The van der Waals surface area contributed by atoms with Gasteiger partial charge in [0.2, 0.25) is 0 Å². The lowest BCUT2D eigenvalue weighted by Gasteiger charge is -2.15. The van der Waals surface area contributed by atoms with Crippen LogP contribution >= 0.6 is 0 Å². The molecule has 0 aliphatic heterocycles. The van der Waals surface area contributed by atoms with Crippen molar-refractivity contribution < 1.29 is 9.47 Å². The molecular formula is C14H23NO2. The average Bonchev–Trinajstić information content (AvgIpc) is 2.34. The lowest BCUT2D eigenvalue weighted by molar-refractivity contribution is 0.0796. The second kappa shape index (κ2) is 7.30. The second-order valence-electron chi connectivity index (χ2n) is 4.37. The molecule has 0 amide bonds. The van der Waals surface area contributed by atoms with Crippen LogP contribution in [-0.2, 0) is 4.74 Å². The molecule has 17 heavy (non-hydrogen) atoms. The van der Waals surface area contributed by atoms with Crippen LogP contribution in [-0.4, -0.2) is 26.4 Å². The van der Waals surface area contributed by atoms with Gasteiger partial charge >= 0.3 is 0 Å². The summed E-state index contributed by atoms with van der Waals surface area (Å²) in [5, 5.41) is 3.43. The first-order valence-electron chi connectivity index (χ1n) is 6.12. The Hall–Kier alpha value is -1.06. The minimum atomic E-state index is 0.299. The zero-order chi connectivity index (χ0) is 12.7. The Morgan fingerprint density at radius 2 is 1.76 bits per heavy atom. The first-order chi connectivity index (χ1) is 8.13. The van der Waals surface area contributed by atoms with Gasteiger partial charge < -0.3 is 14.8 Å². The van der Waals surface area contributed by atoms with Gasteiger partial charge in [-0.3, -0.25) is 0 Å². The highest BCUT2D eigenvalue weighted by Gasteiger charge is 2.04. The standard InChI is InChI=1S/C14H23NO2/c1-11(2)17-10-9-15-12(3)13-5-7-14(16-4)8-6-13/h5-8,11-12,15H,9-10H2,1-4H3/t12-/m1/s1. The molecule has 0 radical (unpaired) electrons. The monoisotopic (exact) mass is 237 g/mol. The summed E-state index contributed by atoms with van der Waals surface area (Å²) in [6.07, 6.45) is 0.299. The van der Waals surface area contributed by atoms with Crippen LogP contribution in [0.5, 0.6) is 5.75 Å². The number of benzene rings is 1. The molecule has 1 N–H and O–H groups in total. The molecule has 0 unspecified atom stereocenters. The molecule has 1 atom stereocenters.